The molecular formula is C16H17F3N2O2. The maximum absolute atomic E-state index is 13.7. The molecule has 1 heterocycles. The molecule has 1 N–H and O–H groups in total. The zero-order valence-electron chi connectivity index (χ0n) is 12.5. The number of benzene rings is 1. The summed E-state index contributed by atoms with van der Waals surface area (Å²) in [4.78, 5) is 12.5. The molecule has 1 aromatic carbocycles. The van der Waals surface area contributed by atoms with E-state index in [1.54, 1.807) is 25.1 Å². The van der Waals surface area contributed by atoms with E-state index >= 15 is 0 Å². The molecule has 124 valence electrons. The molecule has 1 saturated carbocycles. The van der Waals surface area contributed by atoms with E-state index in [-0.39, 0.29) is 28.6 Å². The van der Waals surface area contributed by atoms with E-state index in [0.717, 1.165) is 0 Å². The van der Waals surface area contributed by atoms with Gasteiger partial charge in [0.1, 0.15) is 0 Å². The Labute approximate surface area is 131 Å². The number of rotatable bonds is 1. The Morgan fingerprint density at radius 2 is 1.96 bits per heavy atom. The van der Waals surface area contributed by atoms with Crippen LogP contribution in [0.5, 0.6) is 0 Å². The van der Waals surface area contributed by atoms with Crippen molar-refractivity contribution in [3.8, 4) is 0 Å². The van der Waals surface area contributed by atoms with Gasteiger partial charge >= 0.3 is 6.18 Å². The lowest BCUT2D eigenvalue weighted by Crippen LogP contribution is -2.61. The summed E-state index contributed by atoms with van der Waals surface area (Å²) in [5.41, 5.74) is -2.95. The Hall–Kier alpha value is -1.89. The molecule has 0 bridgehead atoms. The molecule has 1 aromatic rings. The van der Waals surface area contributed by atoms with Gasteiger partial charge in [0.25, 0.3) is 11.6 Å². The molecule has 1 amide bonds. The maximum atomic E-state index is 13.7. The zero-order valence-corrected chi connectivity index (χ0v) is 12.5. The molecule has 1 fully saturated rings. The van der Waals surface area contributed by atoms with Crippen molar-refractivity contribution in [2.75, 3.05) is 0 Å². The minimum atomic E-state index is -4.98. The zero-order chi connectivity index (χ0) is 16.8. The number of amides is 1. The summed E-state index contributed by atoms with van der Waals surface area (Å²) in [6.45, 7) is 1.78. The average Bonchev–Trinajstić information content (AvgIpc) is 2.83. The summed E-state index contributed by atoms with van der Waals surface area (Å²) in [6, 6.07) is 7.58. The van der Waals surface area contributed by atoms with Gasteiger partial charge in [0.15, 0.2) is 0 Å². The molecule has 0 unspecified atom stereocenters. The topological polar surface area (TPSA) is 52.9 Å². The van der Waals surface area contributed by atoms with Crippen molar-refractivity contribution >= 4 is 11.6 Å². The average molecular weight is 326 g/mol. The second-order valence-electron chi connectivity index (χ2n) is 6.12. The molecule has 0 saturated heterocycles. The van der Waals surface area contributed by atoms with Crippen molar-refractivity contribution in [3.63, 3.8) is 0 Å². The number of aliphatic hydroxyl groups is 1. The quantitative estimate of drug-likeness (QED) is 0.862. The molecule has 2 aliphatic rings. The van der Waals surface area contributed by atoms with Crippen molar-refractivity contribution in [1.29, 1.82) is 0 Å². The van der Waals surface area contributed by atoms with Gasteiger partial charge in [0.2, 0.25) is 0 Å². The van der Waals surface area contributed by atoms with Crippen LogP contribution in [-0.2, 0) is 0 Å². The lowest BCUT2D eigenvalue weighted by molar-refractivity contribution is -0.312. The number of hydrogen-bond acceptors (Lipinski definition) is 3. The lowest BCUT2D eigenvalue weighted by atomic mass is 9.75. The first-order valence-electron chi connectivity index (χ1n) is 7.54. The van der Waals surface area contributed by atoms with Crippen LogP contribution in [0.15, 0.2) is 35.4 Å². The van der Waals surface area contributed by atoms with Gasteiger partial charge in [-0.25, -0.2) is 0 Å². The number of halogens is 3. The van der Waals surface area contributed by atoms with Gasteiger partial charge in [-0.05, 0) is 30.9 Å². The van der Waals surface area contributed by atoms with E-state index < -0.39 is 23.7 Å². The number of hydrazone groups is 1. The first kappa shape index (κ1) is 16.0. The largest absolute Gasteiger partial charge is 0.439 e. The monoisotopic (exact) mass is 326 g/mol. The number of hydrogen-bond donors (Lipinski definition) is 1. The number of alkyl halides is 3. The van der Waals surface area contributed by atoms with Crippen LogP contribution in [0.4, 0.5) is 13.2 Å². The fraction of sp³-hybridized carbons (Fsp3) is 0.500. The third kappa shape index (κ3) is 2.34. The second kappa shape index (κ2) is 5.33. The summed E-state index contributed by atoms with van der Waals surface area (Å²) in [7, 11) is 0. The van der Waals surface area contributed by atoms with Crippen molar-refractivity contribution < 1.29 is 23.1 Å². The summed E-state index contributed by atoms with van der Waals surface area (Å²) in [5.74, 6) is -2.32. The molecule has 23 heavy (non-hydrogen) atoms. The van der Waals surface area contributed by atoms with Crippen LogP contribution in [0, 0.1) is 11.8 Å². The number of fused-ring (bicyclic) bond motifs is 1. The molecule has 7 heteroatoms. The van der Waals surface area contributed by atoms with Crippen LogP contribution in [0.1, 0.15) is 36.5 Å². The Morgan fingerprint density at radius 3 is 2.57 bits per heavy atom. The van der Waals surface area contributed by atoms with Crippen LogP contribution in [-0.4, -0.2) is 33.6 Å². The Balaban J connectivity index is 2.07. The Kier molecular flexibility index (Phi) is 3.71. The van der Waals surface area contributed by atoms with Crippen LogP contribution in [0.25, 0.3) is 0 Å². The van der Waals surface area contributed by atoms with Crippen molar-refractivity contribution in [2.45, 2.75) is 38.1 Å². The lowest BCUT2D eigenvalue weighted by Gasteiger charge is -2.39. The normalized spacial score (nSPS) is 30.8. The predicted octanol–water partition coefficient (Wildman–Crippen LogP) is 3.19. The van der Waals surface area contributed by atoms with Gasteiger partial charge in [-0.15, -0.1) is 0 Å². The van der Waals surface area contributed by atoms with E-state index in [2.05, 4.69) is 5.10 Å². The van der Waals surface area contributed by atoms with Crippen molar-refractivity contribution in [2.24, 2.45) is 16.9 Å². The Morgan fingerprint density at radius 1 is 1.30 bits per heavy atom. The van der Waals surface area contributed by atoms with E-state index in [4.69, 9.17) is 0 Å². The van der Waals surface area contributed by atoms with E-state index in [9.17, 15) is 23.1 Å². The van der Waals surface area contributed by atoms with Crippen LogP contribution in [0.2, 0.25) is 0 Å². The highest BCUT2D eigenvalue weighted by atomic mass is 19.4. The highest BCUT2D eigenvalue weighted by Crippen LogP contribution is 2.49. The molecule has 3 atom stereocenters. The third-order valence-electron chi connectivity index (χ3n) is 4.65. The SMILES string of the molecule is C[C@@H]1CCC[C@@H]2C1=NN(C(=O)c1ccccc1)[C@]2(O)C(F)(F)F. The van der Waals surface area contributed by atoms with E-state index in [1.165, 1.54) is 12.1 Å². The molecule has 1 aliphatic carbocycles. The van der Waals surface area contributed by atoms with Crippen LogP contribution in [0.3, 0.4) is 0 Å². The fourth-order valence-corrected chi connectivity index (χ4v) is 3.40. The van der Waals surface area contributed by atoms with Gasteiger partial charge in [-0.1, -0.05) is 31.5 Å². The molecule has 0 spiro atoms. The molecule has 3 rings (SSSR count). The van der Waals surface area contributed by atoms with Gasteiger partial charge in [0.05, 0.1) is 5.92 Å². The molecule has 0 aromatic heterocycles. The molecule has 4 nitrogen and oxygen atoms in total. The summed E-state index contributed by atoms with van der Waals surface area (Å²) >= 11 is 0. The summed E-state index contributed by atoms with van der Waals surface area (Å²) < 4.78 is 41.0. The summed E-state index contributed by atoms with van der Waals surface area (Å²) in [6.07, 6.45) is -3.55. The molecule has 0 radical (unpaired) electrons. The smallest absolute Gasteiger partial charge is 0.362 e. The second-order valence-corrected chi connectivity index (χ2v) is 6.12. The van der Waals surface area contributed by atoms with Gasteiger partial charge < -0.3 is 5.11 Å². The van der Waals surface area contributed by atoms with Gasteiger partial charge in [-0.3, -0.25) is 4.79 Å². The predicted molar refractivity (Wildman–Crippen MR) is 77.6 cm³/mol. The third-order valence-corrected chi connectivity index (χ3v) is 4.65. The first-order chi connectivity index (χ1) is 10.8. The van der Waals surface area contributed by atoms with E-state index in [1.807, 2.05) is 0 Å². The molecule has 1 aliphatic heterocycles. The van der Waals surface area contributed by atoms with E-state index in [0.29, 0.717) is 12.8 Å². The van der Waals surface area contributed by atoms with Crippen LogP contribution < -0.4 is 0 Å². The Bertz CT molecular complexity index is 644. The van der Waals surface area contributed by atoms with Crippen LogP contribution >= 0.6 is 0 Å². The van der Waals surface area contributed by atoms with Crippen molar-refractivity contribution in [1.82, 2.24) is 5.01 Å². The first-order valence-corrected chi connectivity index (χ1v) is 7.54. The molecular weight excluding hydrogens is 309 g/mol. The number of carbonyl (C=O) groups excluding carboxylic acids is 1. The standard InChI is InChI=1S/C16H17F3N2O2/c1-10-6-5-9-12-13(10)20-21(15(12,23)16(17,18)19)14(22)11-7-3-2-4-8-11/h2-4,7-8,10,12,23H,5-6,9H2,1H3/t10-,12-,15-/m1/s1. The maximum Gasteiger partial charge on any atom is 0.439 e. The highest BCUT2D eigenvalue weighted by Gasteiger charge is 2.69. The minimum Gasteiger partial charge on any atom is -0.362 e. The number of carbonyl (C=O) groups is 1. The highest BCUT2D eigenvalue weighted by molar-refractivity contribution is 6.00. The minimum absolute atomic E-state index is 0.0609. The van der Waals surface area contributed by atoms with Gasteiger partial charge in [-0.2, -0.15) is 23.3 Å². The summed E-state index contributed by atoms with van der Waals surface area (Å²) in [5, 5.41) is 14.7. The fourth-order valence-electron chi connectivity index (χ4n) is 3.40. The number of nitrogens with zero attached hydrogens (tertiary/aromatic N) is 2. The van der Waals surface area contributed by atoms with Gasteiger partial charge in [0, 0.05) is 11.3 Å². The van der Waals surface area contributed by atoms with Crippen molar-refractivity contribution in [3.05, 3.63) is 35.9 Å².